The summed E-state index contributed by atoms with van der Waals surface area (Å²) in [5.41, 5.74) is 5.65. The maximum absolute atomic E-state index is 10.3. The Morgan fingerprint density at radius 2 is 2.08 bits per heavy atom. The van der Waals surface area contributed by atoms with Crippen molar-refractivity contribution < 1.29 is 4.79 Å². The fraction of sp³-hybridized carbons (Fsp3) is 0.500. The van der Waals surface area contributed by atoms with E-state index >= 15 is 0 Å². The van der Waals surface area contributed by atoms with Crippen molar-refractivity contribution in [2.24, 2.45) is 5.73 Å². The van der Waals surface area contributed by atoms with Gasteiger partial charge in [0.15, 0.2) is 0 Å². The van der Waals surface area contributed by atoms with Gasteiger partial charge in [-0.15, -0.1) is 0 Å². The first-order valence-corrected chi connectivity index (χ1v) is 3.94. The molecule has 0 saturated carbocycles. The minimum absolute atomic E-state index is 0.566. The summed E-state index contributed by atoms with van der Waals surface area (Å²) in [5.74, 6) is 0. The van der Waals surface area contributed by atoms with Crippen molar-refractivity contribution in [2.75, 3.05) is 13.1 Å². The van der Waals surface area contributed by atoms with Crippen LogP contribution < -0.4 is 11.1 Å². The van der Waals surface area contributed by atoms with Crippen LogP contribution in [0.25, 0.3) is 0 Å². The van der Waals surface area contributed by atoms with E-state index in [1.165, 1.54) is 6.54 Å². The van der Waals surface area contributed by atoms with Crippen LogP contribution in [0.1, 0.15) is 13.8 Å². The normalized spacial score (nSPS) is 9.17. The van der Waals surface area contributed by atoms with Crippen LogP contribution in [0.3, 0.4) is 0 Å². The maximum atomic E-state index is 10.3. The van der Waals surface area contributed by atoms with Crippen LogP contribution in [0.2, 0.25) is 0 Å². The van der Waals surface area contributed by atoms with Gasteiger partial charge in [0.25, 0.3) is 0 Å². The van der Waals surface area contributed by atoms with Gasteiger partial charge in [-0.1, -0.05) is 6.58 Å². The van der Waals surface area contributed by atoms with Gasteiger partial charge in [0, 0.05) is 18.8 Å². The summed E-state index contributed by atoms with van der Waals surface area (Å²) in [4.78, 5) is 12.3. The number of urea groups is 1. The topological polar surface area (TPSA) is 58.4 Å². The molecular formula is C8H16N3O. The molecule has 0 fully saturated rings. The van der Waals surface area contributed by atoms with Gasteiger partial charge < -0.3 is 16.0 Å². The maximum Gasteiger partial charge on any atom is 0.312 e. The van der Waals surface area contributed by atoms with E-state index in [9.17, 15) is 4.79 Å². The summed E-state index contributed by atoms with van der Waals surface area (Å²) < 4.78 is 0. The molecule has 0 atom stereocenters. The molecule has 12 heavy (non-hydrogen) atoms. The van der Waals surface area contributed by atoms with E-state index in [0.29, 0.717) is 0 Å². The summed E-state index contributed by atoms with van der Waals surface area (Å²) in [6.07, 6.45) is 0. The molecule has 0 heterocycles. The number of nitrogens with zero attached hydrogens (tertiary/aromatic N) is 1. The molecule has 69 valence electrons. The second-order valence-electron chi connectivity index (χ2n) is 2.32. The Labute approximate surface area is 73.4 Å². The monoisotopic (exact) mass is 170 g/mol. The molecule has 0 aromatic carbocycles. The molecule has 0 aliphatic carbocycles. The first-order valence-electron chi connectivity index (χ1n) is 3.94. The molecule has 2 amide bonds. The molecule has 3 N–H and O–H groups in total. The number of hydrogen-bond acceptors (Lipinski definition) is 2. The number of carbonyl (C=O) groups is 1. The molecule has 0 saturated heterocycles. The van der Waals surface area contributed by atoms with Crippen molar-refractivity contribution in [3.8, 4) is 0 Å². The summed E-state index contributed by atoms with van der Waals surface area (Å²) in [6, 6.07) is -0.566. The van der Waals surface area contributed by atoms with E-state index in [-0.39, 0.29) is 0 Å². The number of rotatable bonds is 5. The van der Waals surface area contributed by atoms with Crippen molar-refractivity contribution >= 4 is 6.03 Å². The molecule has 0 aromatic rings. The minimum atomic E-state index is -0.566. The number of carbonyl (C=O) groups excluding carboxylic acids is 1. The highest BCUT2D eigenvalue weighted by molar-refractivity contribution is 5.72. The van der Waals surface area contributed by atoms with E-state index < -0.39 is 6.03 Å². The summed E-state index contributed by atoms with van der Waals surface area (Å²) in [7, 11) is 0. The van der Waals surface area contributed by atoms with E-state index in [1.54, 1.807) is 0 Å². The van der Waals surface area contributed by atoms with Crippen molar-refractivity contribution in [2.45, 2.75) is 13.8 Å². The highest BCUT2D eigenvalue weighted by Gasteiger charge is 2.03. The van der Waals surface area contributed by atoms with Gasteiger partial charge in [0.2, 0.25) is 0 Å². The first kappa shape index (κ1) is 10.8. The third-order valence-electron chi connectivity index (χ3n) is 1.55. The average molecular weight is 170 g/mol. The zero-order chi connectivity index (χ0) is 9.56. The fourth-order valence-electron chi connectivity index (χ4n) is 0.876. The van der Waals surface area contributed by atoms with Crippen molar-refractivity contribution in [1.82, 2.24) is 10.2 Å². The third-order valence-corrected chi connectivity index (χ3v) is 1.55. The number of nitrogens with one attached hydrogen (secondary N) is 1. The Kier molecular flexibility index (Phi) is 4.92. The molecule has 0 spiro atoms. The van der Waals surface area contributed by atoms with Crippen LogP contribution in [0.4, 0.5) is 4.79 Å². The van der Waals surface area contributed by atoms with Gasteiger partial charge in [-0.05, 0) is 13.8 Å². The average Bonchev–Trinajstić information content (AvgIpc) is 2.03. The summed E-state index contributed by atoms with van der Waals surface area (Å²) in [5, 5.41) is 2.37. The minimum Gasteiger partial charge on any atom is -0.374 e. The van der Waals surface area contributed by atoms with Crippen molar-refractivity contribution in [1.29, 1.82) is 0 Å². The van der Waals surface area contributed by atoms with Crippen LogP contribution in [-0.4, -0.2) is 24.0 Å². The van der Waals surface area contributed by atoms with Crippen LogP contribution >= 0.6 is 0 Å². The number of nitrogens with two attached hydrogens (primary N) is 1. The molecule has 0 unspecified atom stereocenters. The molecule has 0 aromatic heterocycles. The van der Waals surface area contributed by atoms with Crippen LogP contribution in [0.5, 0.6) is 0 Å². The molecule has 0 bridgehead atoms. The quantitative estimate of drug-likeness (QED) is 0.637. The van der Waals surface area contributed by atoms with E-state index in [2.05, 4.69) is 11.9 Å². The van der Waals surface area contributed by atoms with Crippen LogP contribution in [0, 0.1) is 6.54 Å². The molecule has 4 heteroatoms. The predicted octanol–water partition coefficient (Wildman–Crippen LogP) is 0.672. The van der Waals surface area contributed by atoms with E-state index in [0.717, 1.165) is 18.8 Å². The van der Waals surface area contributed by atoms with Gasteiger partial charge in [0.1, 0.15) is 0 Å². The Morgan fingerprint density at radius 3 is 2.42 bits per heavy atom. The van der Waals surface area contributed by atoms with Crippen LogP contribution in [0.15, 0.2) is 12.3 Å². The molecular weight excluding hydrogens is 154 g/mol. The van der Waals surface area contributed by atoms with Gasteiger partial charge in [-0.25, -0.2) is 4.79 Å². The Hall–Kier alpha value is -1.19. The molecule has 0 aliphatic heterocycles. The van der Waals surface area contributed by atoms with Crippen LogP contribution in [-0.2, 0) is 0 Å². The lowest BCUT2D eigenvalue weighted by atomic mass is 10.4. The Balaban J connectivity index is 3.77. The standard InChI is InChI=1S/C8H16N3O/c1-4-11(5-2)7(3)6-10-8(9)12/h6H,3-5H2,1-2H3,(H3,9,10,12). The zero-order valence-corrected chi connectivity index (χ0v) is 7.63. The Morgan fingerprint density at radius 1 is 1.58 bits per heavy atom. The number of primary amides is 1. The molecule has 0 rings (SSSR count). The lowest BCUT2D eigenvalue weighted by Gasteiger charge is -2.22. The van der Waals surface area contributed by atoms with E-state index in [4.69, 9.17) is 5.73 Å². The lowest BCUT2D eigenvalue weighted by Crippen LogP contribution is -2.32. The molecule has 1 radical (unpaired) electrons. The Bertz CT molecular complexity index is 164. The summed E-state index contributed by atoms with van der Waals surface area (Å²) >= 11 is 0. The zero-order valence-electron chi connectivity index (χ0n) is 7.63. The number of likely N-dealkylation sites (N-methyl/N-ethyl adjacent to an activating group) is 1. The van der Waals surface area contributed by atoms with Gasteiger partial charge in [-0.2, -0.15) is 0 Å². The lowest BCUT2D eigenvalue weighted by molar-refractivity contribution is 0.250. The second-order valence-corrected chi connectivity index (χ2v) is 2.32. The first-order chi connectivity index (χ1) is 5.61. The number of hydrogen-bond donors (Lipinski definition) is 2. The van der Waals surface area contributed by atoms with Gasteiger partial charge in [0.05, 0.1) is 6.54 Å². The fourth-order valence-corrected chi connectivity index (χ4v) is 0.876. The van der Waals surface area contributed by atoms with Crippen molar-refractivity contribution in [3.05, 3.63) is 18.8 Å². The smallest absolute Gasteiger partial charge is 0.312 e. The van der Waals surface area contributed by atoms with Gasteiger partial charge >= 0.3 is 6.03 Å². The van der Waals surface area contributed by atoms with Crippen molar-refractivity contribution in [3.63, 3.8) is 0 Å². The number of amides is 2. The van der Waals surface area contributed by atoms with E-state index in [1.807, 2.05) is 18.7 Å². The predicted molar refractivity (Wildman–Crippen MR) is 49.1 cm³/mol. The third kappa shape index (κ3) is 3.85. The van der Waals surface area contributed by atoms with Gasteiger partial charge in [-0.3, -0.25) is 0 Å². The largest absolute Gasteiger partial charge is 0.374 e. The SMILES string of the molecule is C=C([CH]NC(N)=O)N(CC)CC. The highest BCUT2D eigenvalue weighted by Crippen LogP contribution is 2.01. The highest BCUT2D eigenvalue weighted by atomic mass is 16.2. The summed E-state index contributed by atoms with van der Waals surface area (Å²) in [6.45, 7) is 11.1. The second kappa shape index (κ2) is 5.46. The molecule has 0 aliphatic rings. The molecule has 4 nitrogen and oxygen atoms in total.